The molecule has 0 spiro atoms. The highest BCUT2D eigenvalue weighted by Gasteiger charge is 2.20. The van der Waals surface area contributed by atoms with E-state index in [9.17, 15) is 0 Å². The Morgan fingerprint density at radius 1 is 1.47 bits per heavy atom. The molecule has 0 saturated carbocycles. The molecular weight excluding hydrogens is 212 g/mol. The summed E-state index contributed by atoms with van der Waals surface area (Å²) in [5.41, 5.74) is 1.08. The van der Waals surface area contributed by atoms with Gasteiger partial charge in [-0.15, -0.1) is 0 Å². The van der Waals surface area contributed by atoms with Gasteiger partial charge in [-0.05, 0) is 24.8 Å². The third-order valence-electron chi connectivity index (χ3n) is 2.84. The SMILES string of the molecule is CC(C)c1cc(Cl)n(C2CCOCC2)n1. The largest absolute Gasteiger partial charge is 0.381 e. The summed E-state index contributed by atoms with van der Waals surface area (Å²) in [7, 11) is 0. The summed E-state index contributed by atoms with van der Waals surface area (Å²) in [6, 6.07) is 2.39. The zero-order valence-corrected chi connectivity index (χ0v) is 10.00. The normalized spacial score (nSPS) is 18.7. The maximum atomic E-state index is 6.18. The second-order valence-corrected chi connectivity index (χ2v) is 4.72. The van der Waals surface area contributed by atoms with Crippen LogP contribution < -0.4 is 0 Å². The van der Waals surface area contributed by atoms with E-state index in [0.29, 0.717) is 12.0 Å². The number of hydrogen-bond donors (Lipinski definition) is 0. The van der Waals surface area contributed by atoms with E-state index in [0.717, 1.165) is 36.9 Å². The zero-order valence-electron chi connectivity index (χ0n) is 9.24. The second-order valence-electron chi connectivity index (χ2n) is 4.33. The van der Waals surface area contributed by atoms with Gasteiger partial charge in [-0.2, -0.15) is 5.10 Å². The first kappa shape index (κ1) is 11.0. The molecule has 1 aromatic rings. The number of ether oxygens (including phenoxy) is 1. The summed E-state index contributed by atoms with van der Waals surface area (Å²) in [6.07, 6.45) is 2.03. The van der Waals surface area contributed by atoms with Crippen molar-refractivity contribution in [3.63, 3.8) is 0 Å². The molecule has 0 atom stereocenters. The summed E-state index contributed by atoms with van der Waals surface area (Å²) < 4.78 is 7.29. The van der Waals surface area contributed by atoms with Crippen LogP contribution in [0.25, 0.3) is 0 Å². The molecule has 0 unspecified atom stereocenters. The average molecular weight is 229 g/mol. The van der Waals surface area contributed by atoms with Crippen molar-refractivity contribution in [3.05, 3.63) is 16.9 Å². The Kier molecular flexibility index (Phi) is 3.32. The van der Waals surface area contributed by atoms with Crippen LogP contribution in [0.4, 0.5) is 0 Å². The molecule has 4 heteroatoms. The highest BCUT2D eigenvalue weighted by atomic mass is 35.5. The molecule has 0 bridgehead atoms. The van der Waals surface area contributed by atoms with E-state index in [1.54, 1.807) is 0 Å². The van der Waals surface area contributed by atoms with Crippen LogP contribution in [0.2, 0.25) is 5.15 Å². The Morgan fingerprint density at radius 3 is 2.67 bits per heavy atom. The quantitative estimate of drug-likeness (QED) is 0.778. The van der Waals surface area contributed by atoms with Crippen LogP contribution in [0, 0.1) is 0 Å². The lowest BCUT2D eigenvalue weighted by Gasteiger charge is -2.23. The van der Waals surface area contributed by atoms with Crippen LogP contribution in [0.3, 0.4) is 0 Å². The summed E-state index contributed by atoms with van der Waals surface area (Å²) in [5.74, 6) is 0.434. The lowest BCUT2D eigenvalue weighted by atomic mass is 10.1. The molecule has 0 N–H and O–H groups in total. The molecule has 3 nitrogen and oxygen atoms in total. The maximum Gasteiger partial charge on any atom is 0.127 e. The van der Waals surface area contributed by atoms with Gasteiger partial charge in [0.2, 0.25) is 0 Å². The highest BCUT2D eigenvalue weighted by molar-refractivity contribution is 6.29. The van der Waals surface area contributed by atoms with Crippen LogP contribution in [-0.2, 0) is 4.74 Å². The van der Waals surface area contributed by atoms with E-state index in [4.69, 9.17) is 16.3 Å². The van der Waals surface area contributed by atoms with Gasteiger partial charge in [0, 0.05) is 13.2 Å². The molecule has 1 aliphatic heterocycles. The van der Waals surface area contributed by atoms with Crippen LogP contribution in [0.15, 0.2) is 6.07 Å². The van der Waals surface area contributed by atoms with Crippen molar-refractivity contribution in [2.45, 2.75) is 38.6 Å². The Balaban J connectivity index is 2.19. The average Bonchev–Trinajstić information content (AvgIpc) is 2.62. The van der Waals surface area contributed by atoms with Gasteiger partial charge in [0.05, 0.1) is 11.7 Å². The standard InChI is InChI=1S/C11H17ClN2O/c1-8(2)10-7-11(12)14(13-10)9-3-5-15-6-4-9/h7-9H,3-6H2,1-2H3. The molecule has 15 heavy (non-hydrogen) atoms. The molecule has 84 valence electrons. The monoisotopic (exact) mass is 228 g/mol. The van der Waals surface area contributed by atoms with Crippen molar-refractivity contribution in [1.29, 1.82) is 0 Å². The predicted molar refractivity (Wildman–Crippen MR) is 60.4 cm³/mol. The molecule has 0 aromatic carbocycles. The second kappa shape index (κ2) is 4.54. The van der Waals surface area contributed by atoms with Crippen molar-refractivity contribution >= 4 is 11.6 Å². The lowest BCUT2D eigenvalue weighted by Crippen LogP contribution is -2.20. The fourth-order valence-electron chi connectivity index (χ4n) is 1.86. The molecule has 2 rings (SSSR count). The summed E-state index contributed by atoms with van der Waals surface area (Å²) in [5, 5.41) is 5.32. The van der Waals surface area contributed by atoms with Gasteiger partial charge in [-0.3, -0.25) is 4.68 Å². The lowest BCUT2D eigenvalue weighted by molar-refractivity contribution is 0.0662. The van der Waals surface area contributed by atoms with Crippen LogP contribution in [-0.4, -0.2) is 23.0 Å². The van der Waals surface area contributed by atoms with Crippen molar-refractivity contribution in [2.24, 2.45) is 0 Å². The van der Waals surface area contributed by atoms with Gasteiger partial charge in [0.15, 0.2) is 0 Å². The van der Waals surface area contributed by atoms with Crippen molar-refractivity contribution < 1.29 is 4.74 Å². The minimum absolute atomic E-state index is 0.416. The molecule has 1 aliphatic rings. The smallest absolute Gasteiger partial charge is 0.127 e. The predicted octanol–water partition coefficient (Wildman–Crippen LogP) is 3.01. The summed E-state index contributed by atoms with van der Waals surface area (Å²) >= 11 is 6.18. The van der Waals surface area contributed by atoms with Crippen LogP contribution in [0.1, 0.15) is 44.3 Å². The molecule has 1 saturated heterocycles. The topological polar surface area (TPSA) is 27.1 Å². The summed E-state index contributed by atoms with van der Waals surface area (Å²) in [6.45, 7) is 5.90. The zero-order chi connectivity index (χ0) is 10.8. The number of halogens is 1. The first-order valence-corrected chi connectivity index (χ1v) is 5.89. The van der Waals surface area contributed by atoms with Gasteiger partial charge in [-0.1, -0.05) is 25.4 Å². The number of aromatic nitrogens is 2. The van der Waals surface area contributed by atoms with E-state index in [2.05, 4.69) is 18.9 Å². The fourth-order valence-corrected chi connectivity index (χ4v) is 2.14. The Bertz CT molecular complexity index is 329. The first-order chi connectivity index (χ1) is 7.18. The third kappa shape index (κ3) is 2.34. The van der Waals surface area contributed by atoms with E-state index in [-0.39, 0.29) is 0 Å². The Labute approximate surface area is 95.4 Å². The first-order valence-electron chi connectivity index (χ1n) is 5.51. The molecule has 2 heterocycles. The summed E-state index contributed by atoms with van der Waals surface area (Å²) in [4.78, 5) is 0. The van der Waals surface area contributed by atoms with Crippen molar-refractivity contribution in [1.82, 2.24) is 9.78 Å². The minimum Gasteiger partial charge on any atom is -0.381 e. The number of hydrogen-bond acceptors (Lipinski definition) is 2. The molecule has 0 radical (unpaired) electrons. The Hall–Kier alpha value is -0.540. The van der Waals surface area contributed by atoms with Crippen molar-refractivity contribution in [3.8, 4) is 0 Å². The molecule has 0 aliphatic carbocycles. The molecular formula is C11H17ClN2O. The number of rotatable bonds is 2. The van der Waals surface area contributed by atoms with Gasteiger partial charge in [0.1, 0.15) is 5.15 Å². The van der Waals surface area contributed by atoms with Crippen LogP contribution >= 0.6 is 11.6 Å². The third-order valence-corrected chi connectivity index (χ3v) is 3.12. The van der Waals surface area contributed by atoms with Gasteiger partial charge in [0.25, 0.3) is 0 Å². The van der Waals surface area contributed by atoms with Gasteiger partial charge < -0.3 is 4.74 Å². The molecule has 1 aromatic heterocycles. The van der Waals surface area contributed by atoms with E-state index >= 15 is 0 Å². The molecule has 0 amide bonds. The highest BCUT2D eigenvalue weighted by Crippen LogP contribution is 2.27. The van der Waals surface area contributed by atoms with E-state index < -0.39 is 0 Å². The Morgan fingerprint density at radius 2 is 2.13 bits per heavy atom. The van der Waals surface area contributed by atoms with E-state index in [1.807, 2.05) is 10.7 Å². The minimum atomic E-state index is 0.416. The van der Waals surface area contributed by atoms with Gasteiger partial charge in [-0.25, -0.2) is 0 Å². The van der Waals surface area contributed by atoms with E-state index in [1.165, 1.54) is 0 Å². The fraction of sp³-hybridized carbons (Fsp3) is 0.727. The molecule has 1 fully saturated rings. The van der Waals surface area contributed by atoms with Gasteiger partial charge >= 0.3 is 0 Å². The van der Waals surface area contributed by atoms with Crippen molar-refractivity contribution in [2.75, 3.05) is 13.2 Å². The maximum absolute atomic E-state index is 6.18. The van der Waals surface area contributed by atoms with Crippen LogP contribution in [0.5, 0.6) is 0 Å². The number of nitrogens with zero attached hydrogens (tertiary/aromatic N) is 2.